The van der Waals surface area contributed by atoms with Crippen molar-refractivity contribution >= 4 is 0 Å². The summed E-state index contributed by atoms with van der Waals surface area (Å²) in [5.41, 5.74) is 0. The van der Waals surface area contributed by atoms with Gasteiger partial charge in [0.05, 0.1) is 0 Å². The van der Waals surface area contributed by atoms with Gasteiger partial charge in [-0.25, -0.2) is 0 Å². The van der Waals surface area contributed by atoms with Gasteiger partial charge in [-0.2, -0.15) is 0 Å². The molecule has 4 radical (unpaired) electrons. The van der Waals surface area contributed by atoms with Crippen molar-refractivity contribution in [2.75, 3.05) is 0 Å². The normalized spacial score (nSPS) is 0. The first kappa shape index (κ1) is 607. The smallest absolute Gasteiger partial charge is 2.00 e. The zero-order valence-electron chi connectivity index (χ0n) is 3.44. The van der Waals surface area contributed by atoms with Crippen molar-refractivity contribution in [2.24, 2.45) is 0 Å². The first-order valence-corrected chi connectivity index (χ1v) is 0. The van der Waals surface area contributed by atoms with Crippen LogP contribution in [0.1, 0.15) is 0 Å². The quantitative estimate of drug-likeness (QED) is 0.488. The predicted molar refractivity (Wildman–Crippen MR) is 6.68 cm³/mol. The van der Waals surface area contributed by atoms with Crippen LogP contribution >= 0.6 is 0 Å². The van der Waals surface area contributed by atoms with Crippen LogP contribution in [0.25, 0.3) is 0 Å². The van der Waals surface area contributed by atoms with Crippen molar-refractivity contribution in [1.29, 1.82) is 0 Å². The fourth-order valence-electron chi connectivity index (χ4n) is 0. The van der Waals surface area contributed by atoms with Crippen LogP contribution in [0.5, 0.6) is 0 Å². The first-order chi connectivity index (χ1) is 0. The second-order valence-electron chi connectivity index (χ2n) is 0. The average Bonchev–Trinajstić information content (AvgIpc) is 0. The predicted octanol–water partition coefficient (Wildman–Crippen LogP) is -0.518. The molecular weight excluding hydrogens is 194 g/mol. The average molecular weight is 194 g/mol. The molecule has 0 aliphatic carbocycles. The Hall–Kier alpha value is 0.969. The van der Waals surface area contributed by atoms with Crippen LogP contribution in [0.2, 0.25) is 0 Å². The maximum atomic E-state index is 0. The summed E-state index contributed by atoms with van der Waals surface area (Å²) in [6.07, 6.45) is 0. The molecule has 44 valence electrons. The van der Waals surface area contributed by atoms with Gasteiger partial charge in [0.25, 0.3) is 0 Å². The molecule has 0 saturated carbocycles. The van der Waals surface area contributed by atoms with Gasteiger partial charge >= 0.3 is 37.1 Å². The van der Waals surface area contributed by atoms with E-state index in [9.17, 15) is 0 Å². The van der Waals surface area contributed by atoms with E-state index < -0.39 is 0 Å². The molecule has 0 aliphatic rings. The van der Waals surface area contributed by atoms with Gasteiger partial charge in [-0.1, -0.05) is 0 Å². The van der Waals surface area contributed by atoms with E-state index in [1.165, 1.54) is 0 Å². The summed E-state index contributed by atoms with van der Waals surface area (Å²) in [5.74, 6) is 0. The van der Waals surface area contributed by atoms with E-state index in [-0.39, 0.29) is 71.9 Å². The topological polar surface area (TPSA) is 142 Å². The van der Waals surface area contributed by atoms with Crippen molar-refractivity contribution in [3.05, 3.63) is 7.43 Å². The van der Waals surface area contributed by atoms with Gasteiger partial charge in [0, 0.05) is 7.43 Å². The molecule has 0 bridgehead atoms. The molecule has 0 fully saturated rings. The monoisotopic (exact) mass is 194 g/mol. The van der Waals surface area contributed by atoms with Gasteiger partial charge < -0.3 is 27.4 Å². The molecule has 7 heteroatoms. The Morgan fingerprint density at radius 2 is 0.375 bits per heavy atom. The van der Waals surface area contributed by atoms with Crippen molar-refractivity contribution in [3.63, 3.8) is 0 Å². The third-order valence-electron chi connectivity index (χ3n) is 0. The van der Waals surface area contributed by atoms with Gasteiger partial charge in [0.1, 0.15) is 0 Å². The van der Waals surface area contributed by atoms with Crippen molar-refractivity contribution in [1.82, 2.24) is 0 Å². The van der Waals surface area contributed by atoms with Crippen molar-refractivity contribution in [3.8, 4) is 0 Å². The molecule has 5 nitrogen and oxygen atoms in total. The van der Waals surface area contributed by atoms with E-state index in [1.54, 1.807) is 0 Å². The van der Waals surface area contributed by atoms with Crippen LogP contribution in [0, 0.1) is 7.43 Å². The van der Waals surface area contributed by atoms with Gasteiger partial charge in [-0.05, 0) is 0 Å². The Morgan fingerprint density at radius 3 is 0.375 bits per heavy atom. The molecule has 0 rings (SSSR count). The number of hydrogen-bond donors (Lipinski definition) is 0. The van der Waals surface area contributed by atoms with Crippen LogP contribution < -0.4 is 0 Å². The minimum absolute atomic E-state index is 0. The summed E-state index contributed by atoms with van der Waals surface area (Å²) in [6.45, 7) is 0. The SMILES string of the molecule is [C].[O-2].[O-2].[O-2].[O-2].[O-2].[V+5].[V+5]. The summed E-state index contributed by atoms with van der Waals surface area (Å²) in [4.78, 5) is 0. The second-order valence-corrected chi connectivity index (χ2v) is 0. The molecule has 0 aromatic rings. The van der Waals surface area contributed by atoms with Crippen LogP contribution in [0.15, 0.2) is 0 Å². The minimum Gasteiger partial charge on any atom is -2.00 e. The number of hydrogen-bond acceptors (Lipinski definition) is 0. The minimum atomic E-state index is 0. The molecule has 0 atom stereocenters. The molecule has 0 heterocycles. The van der Waals surface area contributed by atoms with Crippen LogP contribution in [0.4, 0.5) is 0 Å². The van der Waals surface area contributed by atoms with E-state index in [1.807, 2.05) is 0 Å². The molecule has 0 N–H and O–H groups in total. The molecule has 0 aliphatic heterocycles. The Kier molecular flexibility index (Phi) is 31300. The zero-order chi connectivity index (χ0) is 0. The summed E-state index contributed by atoms with van der Waals surface area (Å²) in [5, 5.41) is 0. The van der Waals surface area contributed by atoms with Crippen LogP contribution in [-0.2, 0) is 64.5 Å². The number of rotatable bonds is 0. The molecule has 0 aromatic carbocycles. The second kappa shape index (κ2) is 412. The van der Waals surface area contributed by atoms with Crippen molar-refractivity contribution < 1.29 is 64.5 Å². The van der Waals surface area contributed by atoms with Crippen LogP contribution in [-0.4, -0.2) is 0 Å². The van der Waals surface area contributed by atoms with Gasteiger partial charge in [0.15, 0.2) is 0 Å². The molecule has 0 amide bonds. The maximum absolute atomic E-state index is 0. The van der Waals surface area contributed by atoms with E-state index >= 15 is 0 Å². The van der Waals surface area contributed by atoms with E-state index in [0.29, 0.717) is 0 Å². The zero-order valence-corrected chi connectivity index (χ0v) is 6.23. The Balaban J connectivity index is 0. The van der Waals surface area contributed by atoms with Gasteiger partial charge in [0.2, 0.25) is 0 Å². The summed E-state index contributed by atoms with van der Waals surface area (Å²) >= 11 is 0. The Labute approximate surface area is 72.2 Å². The molecule has 8 heavy (non-hydrogen) atoms. The van der Waals surface area contributed by atoms with Gasteiger partial charge in [-0.3, -0.25) is 0 Å². The fraction of sp³-hybridized carbons (Fsp3) is 0. The van der Waals surface area contributed by atoms with Crippen LogP contribution in [0.3, 0.4) is 0 Å². The largest absolute Gasteiger partial charge is 5.00 e. The third kappa shape index (κ3) is 265. The summed E-state index contributed by atoms with van der Waals surface area (Å²) in [7, 11) is 0. The standard InChI is InChI=1S/C.5O.2V/q;5*-2;2*+5. The van der Waals surface area contributed by atoms with E-state index in [4.69, 9.17) is 0 Å². The summed E-state index contributed by atoms with van der Waals surface area (Å²) in [6, 6.07) is 0. The molecule has 0 aromatic heterocycles. The first-order valence-electron chi connectivity index (χ1n) is 0. The Bertz CT molecular complexity index is 10.4. The fourth-order valence-corrected chi connectivity index (χ4v) is 0. The molecular formula is CO5V2. The third-order valence-corrected chi connectivity index (χ3v) is 0. The molecule has 0 saturated heterocycles. The van der Waals surface area contributed by atoms with E-state index in [2.05, 4.69) is 0 Å². The molecule has 0 unspecified atom stereocenters. The van der Waals surface area contributed by atoms with Crippen molar-refractivity contribution in [2.45, 2.75) is 0 Å². The molecule has 0 spiro atoms. The van der Waals surface area contributed by atoms with E-state index in [0.717, 1.165) is 0 Å². The summed E-state index contributed by atoms with van der Waals surface area (Å²) < 4.78 is 0. The maximum Gasteiger partial charge on any atom is 5.00 e. The Morgan fingerprint density at radius 1 is 0.375 bits per heavy atom. The van der Waals surface area contributed by atoms with Gasteiger partial charge in [-0.15, -0.1) is 0 Å².